The molecule has 0 radical (unpaired) electrons. The van der Waals surface area contributed by atoms with Crippen LogP contribution in [0.15, 0.2) is 23.4 Å². The Morgan fingerprint density at radius 3 is 2.89 bits per heavy atom. The maximum atomic E-state index is 6.28. The van der Waals surface area contributed by atoms with Crippen LogP contribution in [-0.2, 0) is 4.74 Å². The number of hydrogen-bond donors (Lipinski definition) is 1. The van der Waals surface area contributed by atoms with Crippen molar-refractivity contribution in [3.63, 3.8) is 0 Å². The molecule has 1 aromatic rings. The van der Waals surface area contributed by atoms with Crippen molar-refractivity contribution in [2.75, 3.05) is 11.5 Å². The van der Waals surface area contributed by atoms with Gasteiger partial charge in [0.25, 0.3) is 0 Å². The highest BCUT2D eigenvalue weighted by atomic mass is 32.2. The van der Waals surface area contributed by atoms with Crippen molar-refractivity contribution < 1.29 is 4.74 Å². The van der Waals surface area contributed by atoms with Crippen molar-refractivity contribution >= 4 is 17.4 Å². The quantitative estimate of drug-likeness (QED) is 0.851. The minimum absolute atomic E-state index is 0.250. The molecule has 4 heteroatoms. The topological polar surface area (TPSA) is 48.1 Å². The molecule has 2 heterocycles. The Bertz CT molecular complexity index is 401. The third-order valence-corrected chi connectivity index (χ3v) is 5.11. The molecule has 1 saturated heterocycles. The number of anilines is 1. The fourth-order valence-corrected chi connectivity index (χ4v) is 3.94. The predicted molar refractivity (Wildman–Crippen MR) is 74.7 cm³/mol. The first-order valence-electron chi connectivity index (χ1n) is 6.78. The standard InChI is InChI=1S/C14H20N2OS/c15-11-3-4-13(16-9-11)18-10-12-5-8-14(17-12)6-1-2-7-14/h3-4,9,12H,1-2,5-8,10,15H2. The summed E-state index contributed by atoms with van der Waals surface area (Å²) in [4.78, 5) is 4.31. The van der Waals surface area contributed by atoms with Crippen molar-refractivity contribution in [2.24, 2.45) is 0 Å². The zero-order chi connectivity index (χ0) is 12.4. The van der Waals surface area contributed by atoms with Gasteiger partial charge in [-0.05, 0) is 37.8 Å². The maximum absolute atomic E-state index is 6.28. The number of nitrogen functional groups attached to an aromatic ring is 1. The van der Waals surface area contributed by atoms with Crippen LogP contribution in [-0.4, -0.2) is 22.4 Å². The Kier molecular flexibility index (Phi) is 3.48. The van der Waals surface area contributed by atoms with Gasteiger partial charge in [-0.15, -0.1) is 11.8 Å². The average Bonchev–Trinajstić information content (AvgIpc) is 3.00. The van der Waals surface area contributed by atoms with Gasteiger partial charge >= 0.3 is 0 Å². The van der Waals surface area contributed by atoms with E-state index in [-0.39, 0.29) is 5.60 Å². The second-order valence-electron chi connectivity index (χ2n) is 5.41. The zero-order valence-electron chi connectivity index (χ0n) is 10.6. The molecule has 1 aliphatic carbocycles. The number of hydrogen-bond acceptors (Lipinski definition) is 4. The Morgan fingerprint density at radius 2 is 2.17 bits per heavy atom. The van der Waals surface area contributed by atoms with E-state index in [0.29, 0.717) is 6.10 Å². The molecule has 18 heavy (non-hydrogen) atoms. The first-order valence-corrected chi connectivity index (χ1v) is 7.77. The molecule has 2 fully saturated rings. The van der Waals surface area contributed by atoms with Crippen LogP contribution in [0.2, 0.25) is 0 Å². The van der Waals surface area contributed by atoms with Crippen molar-refractivity contribution in [1.82, 2.24) is 4.98 Å². The first-order chi connectivity index (χ1) is 8.76. The van der Waals surface area contributed by atoms with Crippen LogP contribution in [0, 0.1) is 0 Å². The SMILES string of the molecule is Nc1ccc(SCC2CCC3(CCCC3)O2)nc1. The summed E-state index contributed by atoms with van der Waals surface area (Å²) in [7, 11) is 0. The largest absolute Gasteiger partial charge is 0.397 e. The van der Waals surface area contributed by atoms with Crippen LogP contribution in [0.4, 0.5) is 5.69 Å². The van der Waals surface area contributed by atoms with Crippen LogP contribution >= 0.6 is 11.8 Å². The Hall–Kier alpha value is -0.740. The molecule has 98 valence electrons. The summed E-state index contributed by atoms with van der Waals surface area (Å²) < 4.78 is 6.28. The van der Waals surface area contributed by atoms with Crippen LogP contribution < -0.4 is 5.73 Å². The van der Waals surface area contributed by atoms with Crippen LogP contribution in [0.25, 0.3) is 0 Å². The third kappa shape index (κ3) is 2.64. The first kappa shape index (κ1) is 12.3. The maximum Gasteiger partial charge on any atom is 0.0962 e. The number of pyridine rings is 1. The summed E-state index contributed by atoms with van der Waals surface area (Å²) in [6.07, 6.45) is 9.83. The second-order valence-corrected chi connectivity index (χ2v) is 6.45. The number of nitrogens with zero attached hydrogens (tertiary/aromatic N) is 1. The summed E-state index contributed by atoms with van der Waals surface area (Å²) in [5.41, 5.74) is 6.60. The highest BCUT2D eigenvalue weighted by Gasteiger charge is 2.41. The van der Waals surface area contributed by atoms with E-state index in [0.717, 1.165) is 16.5 Å². The minimum Gasteiger partial charge on any atom is -0.397 e. The van der Waals surface area contributed by atoms with Crippen LogP contribution in [0.5, 0.6) is 0 Å². The normalized spacial score (nSPS) is 25.9. The highest BCUT2D eigenvalue weighted by Crippen LogP contribution is 2.44. The van der Waals surface area contributed by atoms with Gasteiger partial charge in [0.15, 0.2) is 0 Å². The van der Waals surface area contributed by atoms with Gasteiger partial charge in [-0.3, -0.25) is 0 Å². The van der Waals surface area contributed by atoms with Crippen molar-refractivity contribution in [1.29, 1.82) is 0 Å². The number of aromatic nitrogens is 1. The number of rotatable bonds is 3. The van der Waals surface area contributed by atoms with Crippen LogP contribution in [0.3, 0.4) is 0 Å². The summed E-state index contributed by atoms with van der Waals surface area (Å²) in [5.74, 6) is 1.01. The third-order valence-electron chi connectivity index (χ3n) is 4.03. The lowest BCUT2D eigenvalue weighted by atomic mass is 9.98. The molecule has 1 aromatic heterocycles. The van der Waals surface area contributed by atoms with Gasteiger partial charge in [-0.2, -0.15) is 0 Å². The Balaban J connectivity index is 1.51. The van der Waals surface area contributed by atoms with E-state index in [4.69, 9.17) is 10.5 Å². The molecule has 1 saturated carbocycles. The molecule has 1 spiro atoms. The van der Waals surface area contributed by atoms with E-state index < -0.39 is 0 Å². The summed E-state index contributed by atoms with van der Waals surface area (Å²) >= 11 is 1.78. The fraction of sp³-hybridized carbons (Fsp3) is 0.643. The van der Waals surface area contributed by atoms with E-state index in [9.17, 15) is 0 Å². The number of nitrogens with two attached hydrogens (primary N) is 1. The van der Waals surface area contributed by atoms with Gasteiger partial charge in [0, 0.05) is 5.75 Å². The van der Waals surface area contributed by atoms with Gasteiger partial charge in [0.1, 0.15) is 0 Å². The molecule has 0 aromatic carbocycles. The minimum atomic E-state index is 0.250. The molecule has 1 atom stereocenters. The highest BCUT2D eigenvalue weighted by molar-refractivity contribution is 7.99. The van der Waals surface area contributed by atoms with Gasteiger partial charge < -0.3 is 10.5 Å². The van der Waals surface area contributed by atoms with E-state index >= 15 is 0 Å². The summed E-state index contributed by atoms with van der Waals surface area (Å²) in [5, 5.41) is 1.04. The molecule has 0 bridgehead atoms. The molecule has 2 aliphatic rings. The molecule has 1 aliphatic heterocycles. The van der Waals surface area contributed by atoms with Crippen molar-refractivity contribution in [2.45, 2.75) is 55.3 Å². The van der Waals surface area contributed by atoms with Gasteiger partial charge in [0.05, 0.1) is 28.6 Å². The molecular weight excluding hydrogens is 244 g/mol. The molecule has 1 unspecified atom stereocenters. The van der Waals surface area contributed by atoms with E-state index in [1.807, 2.05) is 12.1 Å². The monoisotopic (exact) mass is 264 g/mol. The van der Waals surface area contributed by atoms with Crippen LogP contribution in [0.1, 0.15) is 38.5 Å². The fourth-order valence-electron chi connectivity index (χ4n) is 3.06. The van der Waals surface area contributed by atoms with Crippen molar-refractivity contribution in [3.8, 4) is 0 Å². The molecule has 3 rings (SSSR count). The molecule has 0 amide bonds. The average molecular weight is 264 g/mol. The second kappa shape index (κ2) is 5.10. The molecule has 3 nitrogen and oxygen atoms in total. The van der Waals surface area contributed by atoms with E-state index in [1.54, 1.807) is 18.0 Å². The summed E-state index contributed by atoms with van der Waals surface area (Å²) in [6.45, 7) is 0. The lowest BCUT2D eigenvalue weighted by Crippen LogP contribution is -2.25. The lowest BCUT2D eigenvalue weighted by Gasteiger charge is -2.23. The smallest absolute Gasteiger partial charge is 0.0962 e. The number of ether oxygens (including phenoxy) is 1. The summed E-state index contributed by atoms with van der Waals surface area (Å²) in [6, 6.07) is 3.89. The van der Waals surface area contributed by atoms with E-state index in [2.05, 4.69) is 4.98 Å². The number of thioether (sulfide) groups is 1. The van der Waals surface area contributed by atoms with Gasteiger partial charge in [0.2, 0.25) is 0 Å². The Morgan fingerprint density at radius 1 is 1.33 bits per heavy atom. The molecular formula is C14H20N2OS. The Labute approximate surface area is 113 Å². The van der Waals surface area contributed by atoms with E-state index in [1.165, 1.54) is 38.5 Å². The zero-order valence-corrected chi connectivity index (χ0v) is 11.4. The lowest BCUT2D eigenvalue weighted by molar-refractivity contribution is -0.0267. The predicted octanol–water partition coefficient (Wildman–Crippen LogP) is 3.25. The molecule has 2 N–H and O–H groups in total. The van der Waals surface area contributed by atoms with Crippen molar-refractivity contribution in [3.05, 3.63) is 18.3 Å². The van der Waals surface area contributed by atoms with Gasteiger partial charge in [-0.25, -0.2) is 4.98 Å². The van der Waals surface area contributed by atoms with Gasteiger partial charge in [-0.1, -0.05) is 12.8 Å².